The minimum atomic E-state index is -2.63. The topological polar surface area (TPSA) is 90.5 Å². The van der Waals surface area contributed by atoms with Gasteiger partial charge in [-0.05, 0) is 39.7 Å². The fourth-order valence-electron chi connectivity index (χ4n) is 4.04. The molecular weight excluding hydrogens is 448 g/mol. The maximum Gasteiger partial charge on any atom is 0.264 e. The summed E-state index contributed by atoms with van der Waals surface area (Å²) in [6.07, 6.45) is 1.02. The smallest absolute Gasteiger partial charge is 0.264 e. The van der Waals surface area contributed by atoms with Gasteiger partial charge < -0.3 is 5.32 Å². The number of amides is 1. The standard InChI is InChI=1S/C22H23F2N7OS/c1-4-30-12(3)15(8-25-30)17-10-33-22(27-17)28-18(32)9-31-21-19(11(2)29-31)14(20(23)24)7-16(26-21)13-5-6-13/h7-8,10,13,20H,4-6,9H2,1-3H3,(H,27,28,32). The largest absolute Gasteiger partial charge is 0.300 e. The molecule has 1 aliphatic rings. The summed E-state index contributed by atoms with van der Waals surface area (Å²) in [4.78, 5) is 21.8. The number of rotatable bonds is 7. The molecule has 33 heavy (non-hydrogen) atoms. The molecule has 0 radical (unpaired) electrons. The molecule has 0 saturated heterocycles. The van der Waals surface area contributed by atoms with Crippen molar-refractivity contribution < 1.29 is 13.6 Å². The molecule has 0 unspecified atom stereocenters. The number of thiazole rings is 1. The van der Waals surface area contributed by atoms with Crippen molar-refractivity contribution in [3.8, 4) is 11.3 Å². The summed E-state index contributed by atoms with van der Waals surface area (Å²) in [7, 11) is 0. The highest BCUT2D eigenvalue weighted by atomic mass is 32.1. The number of anilines is 1. The number of fused-ring (bicyclic) bond motifs is 1. The van der Waals surface area contributed by atoms with Crippen LogP contribution < -0.4 is 5.32 Å². The number of aryl methyl sites for hydroxylation is 2. The molecule has 4 aromatic rings. The molecule has 1 saturated carbocycles. The van der Waals surface area contributed by atoms with E-state index in [1.165, 1.54) is 22.1 Å². The molecular formula is C22H23F2N7OS. The zero-order valence-corrected chi connectivity index (χ0v) is 19.3. The first kappa shape index (κ1) is 21.6. The van der Waals surface area contributed by atoms with Gasteiger partial charge in [0.2, 0.25) is 5.91 Å². The second kappa shape index (κ2) is 8.29. The maximum absolute atomic E-state index is 13.7. The van der Waals surface area contributed by atoms with E-state index in [1.54, 1.807) is 13.1 Å². The summed E-state index contributed by atoms with van der Waals surface area (Å²) in [6.45, 7) is 6.28. The van der Waals surface area contributed by atoms with Crippen molar-refractivity contribution in [1.29, 1.82) is 0 Å². The minimum Gasteiger partial charge on any atom is -0.300 e. The number of hydrogen-bond acceptors (Lipinski definition) is 6. The van der Waals surface area contributed by atoms with E-state index >= 15 is 0 Å². The fourth-order valence-corrected chi connectivity index (χ4v) is 4.77. The van der Waals surface area contributed by atoms with Gasteiger partial charge >= 0.3 is 0 Å². The summed E-state index contributed by atoms with van der Waals surface area (Å²) < 4.78 is 30.8. The van der Waals surface area contributed by atoms with E-state index in [4.69, 9.17) is 0 Å². The first-order valence-corrected chi connectivity index (χ1v) is 11.7. The molecule has 0 aromatic carbocycles. The molecule has 4 aromatic heterocycles. The molecule has 8 nitrogen and oxygen atoms in total. The Morgan fingerprint density at radius 3 is 2.73 bits per heavy atom. The molecule has 0 spiro atoms. The monoisotopic (exact) mass is 471 g/mol. The fraction of sp³-hybridized carbons (Fsp3) is 0.409. The summed E-state index contributed by atoms with van der Waals surface area (Å²) in [6, 6.07) is 1.49. The number of carbonyl (C=O) groups excluding carboxylic acids is 1. The van der Waals surface area contributed by atoms with Crippen molar-refractivity contribution in [2.24, 2.45) is 0 Å². The van der Waals surface area contributed by atoms with Gasteiger partial charge in [0.1, 0.15) is 6.54 Å². The van der Waals surface area contributed by atoms with Crippen LogP contribution in [0.4, 0.5) is 13.9 Å². The predicted molar refractivity (Wildman–Crippen MR) is 122 cm³/mol. The third-order valence-corrected chi connectivity index (χ3v) is 6.64. The van der Waals surface area contributed by atoms with E-state index < -0.39 is 6.43 Å². The van der Waals surface area contributed by atoms with Crippen molar-refractivity contribution >= 4 is 33.4 Å². The van der Waals surface area contributed by atoms with Crippen LogP contribution in [0.25, 0.3) is 22.3 Å². The molecule has 1 N–H and O–H groups in total. The van der Waals surface area contributed by atoms with Crippen LogP contribution in [0.15, 0.2) is 17.6 Å². The predicted octanol–water partition coefficient (Wildman–Crippen LogP) is 4.84. The van der Waals surface area contributed by atoms with Crippen molar-refractivity contribution in [3.63, 3.8) is 0 Å². The van der Waals surface area contributed by atoms with E-state index in [9.17, 15) is 13.6 Å². The molecule has 5 rings (SSSR count). The number of halogens is 2. The molecule has 11 heteroatoms. The van der Waals surface area contributed by atoms with Gasteiger partial charge in [-0.25, -0.2) is 23.4 Å². The Kier molecular flexibility index (Phi) is 5.43. The van der Waals surface area contributed by atoms with E-state index in [1.807, 2.05) is 23.9 Å². The molecule has 0 atom stereocenters. The molecule has 0 bridgehead atoms. The van der Waals surface area contributed by atoms with E-state index in [2.05, 4.69) is 25.5 Å². The van der Waals surface area contributed by atoms with Crippen molar-refractivity contribution in [1.82, 2.24) is 29.5 Å². The molecule has 1 amide bonds. The SMILES string of the molecule is CCn1ncc(-c2csc(NC(=O)Cn3nc(C)c4c(C(F)F)cc(C5CC5)nc43)n2)c1C. The lowest BCUT2D eigenvalue weighted by molar-refractivity contribution is -0.116. The number of nitrogens with zero attached hydrogens (tertiary/aromatic N) is 6. The highest BCUT2D eigenvalue weighted by Gasteiger charge is 2.29. The van der Waals surface area contributed by atoms with Crippen LogP contribution in [0.2, 0.25) is 0 Å². The number of alkyl halides is 2. The molecule has 1 aliphatic carbocycles. The average Bonchev–Trinajstić information content (AvgIpc) is 3.32. The Hall–Kier alpha value is -3.21. The first-order chi connectivity index (χ1) is 15.9. The van der Waals surface area contributed by atoms with Crippen molar-refractivity contribution in [2.75, 3.05) is 5.32 Å². The maximum atomic E-state index is 13.7. The van der Waals surface area contributed by atoms with Crippen LogP contribution in [-0.4, -0.2) is 35.4 Å². The lowest BCUT2D eigenvalue weighted by Gasteiger charge is -2.08. The number of hydrogen-bond donors (Lipinski definition) is 1. The first-order valence-electron chi connectivity index (χ1n) is 10.8. The lowest BCUT2D eigenvalue weighted by Crippen LogP contribution is -2.20. The highest BCUT2D eigenvalue weighted by molar-refractivity contribution is 7.14. The van der Waals surface area contributed by atoms with Crippen molar-refractivity contribution in [2.45, 2.75) is 59.0 Å². The normalized spacial score (nSPS) is 13.9. The van der Waals surface area contributed by atoms with Gasteiger partial charge in [0.15, 0.2) is 10.8 Å². The van der Waals surface area contributed by atoms with Gasteiger partial charge in [-0.3, -0.25) is 9.48 Å². The van der Waals surface area contributed by atoms with E-state index in [0.29, 0.717) is 27.6 Å². The van der Waals surface area contributed by atoms with Gasteiger partial charge in [0.05, 0.1) is 23.0 Å². The molecule has 0 aliphatic heterocycles. The zero-order valence-electron chi connectivity index (χ0n) is 18.5. The van der Waals surface area contributed by atoms with Crippen LogP contribution in [0, 0.1) is 13.8 Å². The lowest BCUT2D eigenvalue weighted by atomic mass is 10.1. The second-order valence-corrected chi connectivity index (χ2v) is 9.06. The Morgan fingerprint density at radius 1 is 1.27 bits per heavy atom. The summed E-state index contributed by atoms with van der Waals surface area (Å²) in [5.74, 6) is -0.142. The van der Waals surface area contributed by atoms with Gasteiger partial charge in [-0.15, -0.1) is 11.3 Å². The number of nitrogens with one attached hydrogen (secondary N) is 1. The molecule has 172 valence electrons. The summed E-state index contributed by atoms with van der Waals surface area (Å²) >= 11 is 1.31. The van der Waals surface area contributed by atoms with Crippen molar-refractivity contribution in [3.05, 3.63) is 40.3 Å². The van der Waals surface area contributed by atoms with Crippen LogP contribution in [0.3, 0.4) is 0 Å². The molecule has 1 fully saturated rings. The minimum absolute atomic E-state index is 0.0707. The molecule has 4 heterocycles. The average molecular weight is 472 g/mol. The van der Waals surface area contributed by atoms with Gasteiger partial charge in [0, 0.05) is 40.4 Å². The Labute approximate surface area is 192 Å². The Morgan fingerprint density at radius 2 is 2.06 bits per heavy atom. The van der Waals surface area contributed by atoms with Crippen LogP contribution >= 0.6 is 11.3 Å². The van der Waals surface area contributed by atoms with Gasteiger partial charge in [-0.2, -0.15) is 10.2 Å². The zero-order chi connectivity index (χ0) is 23.3. The van der Waals surface area contributed by atoms with E-state index in [0.717, 1.165) is 36.3 Å². The highest BCUT2D eigenvalue weighted by Crippen LogP contribution is 2.42. The van der Waals surface area contributed by atoms with Gasteiger partial charge in [0.25, 0.3) is 6.43 Å². The summed E-state index contributed by atoms with van der Waals surface area (Å²) in [5.41, 5.74) is 3.99. The third kappa shape index (κ3) is 4.01. The second-order valence-electron chi connectivity index (χ2n) is 8.20. The van der Waals surface area contributed by atoms with Crippen LogP contribution in [0.5, 0.6) is 0 Å². The van der Waals surface area contributed by atoms with Crippen LogP contribution in [0.1, 0.15) is 54.8 Å². The van der Waals surface area contributed by atoms with Crippen LogP contribution in [-0.2, 0) is 17.9 Å². The summed E-state index contributed by atoms with van der Waals surface area (Å²) in [5, 5.41) is 14.1. The Balaban J connectivity index is 1.39. The quantitative estimate of drug-likeness (QED) is 0.416. The number of pyridine rings is 1. The Bertz CT molecular complexity index is 1350. The number of aromatic nitrogens is 6. The third-order valence-electron chi connectivity index (χ3n) is 5.88. The van der Waals surface area contributed by atoms with Gasteiger partial charge in [-0.1, -0.05) is 0 Å². The number of carbonyl (C=O) groups is 1. The van der Waals surface area contributed by atoms with E-state index in [-0.39, 0.29) is 23.9 Å².